The van der Waals surface area contributed by atoms with Crippen LogP contribution < -0.4 is 0 Å². The Morgan fingerprint density at radius 1 is 1.00 bits per heavy atom. The van der Waals surface area contributed by atoms with Gasteiger partial charge in [-0.1, -0.05) is 12.8 Å². The number of nitrogens with zero attached hydrogens (tertiary/aromatic N) is 1. The normalized spacial score (nSPS) is 48.0. The number of hydrogen-bond acceptors (Lipinski definition) is 3. The minimum absolute atomic E-state index is 0.121. The lowest BCUT2D eigenvalue weighted by molar-refractivity contribution is -0.109. The van der Waals surface area contributed by atoms with E-state index in [9.17, 15) is 10.2 Å². The molecule has 2 aliphatic carbocycles. The van der Waals surface area contributed by atoms with Crippen LogP contribution in [0.2, 0.25) is 0 Å². The Morgan fingerprint density at radius 2 is 1.88 bits per heavy atom. The first kappa shape index (κ1) is 11.9. The van der Waals surface area contributed by atoms with E-state index in [1.54, 1.807) is 0 Å². The zero-order valence-electron chi connectivity index (χ0n) is 10.6. The third-order valence-electron chi connectivity index (χ3n) is 5.37. The number of aliphatic hydroxyl groups excluding tert-OH is 1. The fourth-order valence-corrected chi connectivity index (χ4v) is 4.24. The van der Waals surface area contributed by atoms with Crippen molar-refractivity contribution < 1.29 is 10.2 Å². The summed E-state index contributed by atoms with van der Waals surface area (Å²) in [5.74, 6) is 0.456. The van der Waals surface area contributed by atoms with Crippen LogP contribution in [0, 0.1) is 5.92 Å². The van der Waals surface area contributed by atoms with E-state index in [0.29, 0.717) is 12.0 Å². The fourth-order valence-electron chi connectivity index (χ4n) is 4.24. The minimum Gasteiger partial charge on any atom is -0.391 e. The highest BCUT2D eigenvalue weighted by molar-refractivity contribution is 4.98. The molecule has 98 valence electrons. The zero-order chi connectivity index (χ0) is 11.9. The minimum atomic E-state index is -0.377. The van der Waals surface area contributed by atoms with Gasteiger partial charge in [-0.05, 0) is 38.5 Å². The monoisotopic (exact) mass is 239 g/mol. The molecule has 1 saturated heterocycles. The number of likely N-dealkylation sites (tertiary alicyclic amines) is 1. The molecule has 1 aliphatic heterocycles. The van der Waals surface area contributed by atoms with Crippen molar-refractivity contribution in [2.45, 2.75) is 69.1 Å². The Bertz CT molecular complexity index is 283. The molecule has 2 N–H and O–H groups in total. The van der Waals surface area contributed by atoms with E-state index in [4.69, 9.17) is 0 Å². The van der Waals surface area contributed by atoms with Gasteiger partial charge in [0, 0.05) is 25.0 Å². The van der Waals surface area contributed by atoms with Crippen molar-refractivity contribution in [3.63, 3.8) is 0 Å². The molecule has 1 heterocycles. The highest BCUT2D eigenvalue weighted by Crippen LogP contribution is 2.41. The molecule has 3 rings (SSSR count). The third kappa shape index (κ3) is 2.13. The van der Waals surface area contributed by atoms with Crippen molar-refractivity contribution in [2.75, 3.05) is 13.1 Å². The Hall–Kier alpha value is -0.120. The first-order valence-corrected chi connectivity index (χ1v) is 7.33. The molecule has 0 radical (unpaired) electrons. The van der Waals surface area contributed by atoms with Gasteiger partial charge in [0.15, 0.2) is 0 Å². The summed E-state index contributed by atoms with van der Waals surface area (Å²) in [6.45, 7) is 1.99. The molecule has 0 aromatic heterocycles. The van der Waals surface area contributed by atoms with Gasteiger partial charge in [0.2, 0.25) is 0 Å². The average molecular weight is 239 g/mol. The van der Waals surface area contributed by atoms with Crippen LogP contribution in [0.1, 0.15) is 51.4 Å². The number of piperidine rings is 1. The molecule has 4 atom stereocenters. The lowest BCUT2D eigenvalue weighted by Crippen LogP contribution is -2.56. The average Bonchev–Trinajstić information content (AvgIpc) is 2.74. The maximum Gasteiger partial charge on any atom is 0.0700 e. The first-order valence-electron chi connectivity index (χ1n) is 7.33. The van der Waals surface area contributed by atoms with Crippen LogP contribution in [0.15, 0.2) is 0 Å². The molecule has 0 amide bonds. The molecule has 3 aliphatic rings. The van der Waals surface area contributed by atoms with Crippen LogP contribution in [0.25, 0.3) is 0 Å². The molecule has 3 heteroatoms. The van der Waals surface area contributed by atoms with Gasteiger partial charge in [-0.25, -0.2) is 0 Å². The van der Waals surface area contributed by atoms with Gasteiger partial charge < -0.3 is 10.2 Å². The fraction of sp³-hybridized carbons (Fsp3) is 1.00. The van der Waals surface area contributed by atoms with Crippen LogP contribution in [-0.2, 0) is 0 Å². The largest absolute Gasteiger partial charge is 0.391 e. The maximum atomic E-state index is 10.6. The van der Waals surface area contributed by atoms with Gasteiger partial charge in [0.05, 0.1) is 11.7 Å². The summed E-state index contributed by atoms with van der Waals surface area (Å²) in [5, 5.41) is 20.6. The molecule has 3 fully saturated rings. The zero-order valence-corrected chi connectivity index (χ0v) is 10.6. The predicted octanol–water partition coefficient (Wildman–Crippen LogP) is 1.53. The number of aliphatic hydroxyl groups is 2. The van der Waals surface area contributed by atoms with E-state index in [0.717, 1.165) is 45.2 Å². The molecule has 3 nitrogen and oxygen atoms in total. The van der Waals surface area contributed by atoms with Crippen LogP contribution in [0.5, 0.6) is 0 Å². The SMILES string of the molecule is O[C@@H]1CCC[C@H]1N1CCC2(O)CCCCC2C1. The van der Waals surface area contributed by atoms with Gasteiger partial charge >= 0.3 is 0 Å². The van der Waals surface area contributed by atoms with Crippen molar-refractivity contribution in [2.24, 2.45) is 5.92 Å². The van der Waals surface area contributed by atoms with Crippen LogP contribution in [-0.4, -0.2) is 45.9 Å². The smallest absolute Gasteiger partial charge is 0.0700 e. The molecule has 0 aromatic carbocycles. The van der Waals surface area contributed by atoms with E-state index in [-0.39, 0.29) is 11.7 Å². The standard InChI is InChI=1S/C14H25NO2/c16-13-6-3-5-12(13)15-9-8-14(17)7-2-1-4-11(14)10-15/h11-13,16-17H,1-10H2/t11?,12-,13-,14?/m1/s1. The van der Waals surface area contributed by atoms with Crippen molar-refractivity contribution in [1.82, 2.24) is 4.90 Å². The van der Waals surface area contributed by atoms with Crippen molar-refractivity contribution in [1.29, 1.82) is 0 Å². The second kappa shape index (κ2) is 4.52. The van der Waals surface area contributed by atoms with E-state index in [1.807, 2.05) is 0 Å². The highest BCUT2D eigenvalue weighted by atomic mass is 16.3. The van der Waals surface area contributed by atoms with Gasteiger partial charge in [0.25, 0.3) is 0 Å². The third-order valence-corrected chi connectivity index (χ3v) is 5.37. The second-order valence-corrected chi connectivity index (χ2v) is 6.36. The molecule has 0 spiro atoms. The number of fused-ring (bicyclic) bond motifs is 1. The summed E-state index contributed by atoms with van der Waals surface area (Å²) >= 11 is 0. The number of rotatable bonds is 1. The molecule has 17 heavy (non-hydrogen) atoms. The van der Waals surface area contributed by atoms with Gasteiger partial charge in [-0.15, -0.1) is 0 Å². The Labute approximate surface area is 104 Å². The van der Waals surface area contributed by atoms with Gasteiger partial charge in [0.1, 0.15) is 0 Å². The van der Waals surface area contributed by atoms with Crippen LogP contribution >= 0.6 is 0 Å². The predicted molar refractivity (Wildman–Crippen MR) is 66.7 cm³/mol. The number of hydrogen-bond donors (Lipinski definition) is 2. The van der Waals surface area contributed by atoms with E-state index in [1.165, 1.54) is 19.3 Å². The van der Waals surface area contributed by atoms with Crippen LogP contribution in [0.4, 0.5) is 0 Å². The topological polar surface area (TPSA) is 43.7 Å². The van der Waals surface area contributed by atoms with Crippen molar-refractivity contribution in [3.8, 4) is 0 Å². The first-order chi connectivity index (χ1) is 8.19. The summed E-state index contributed by atoms with van der Waals surface area (Å²) in [5.41, 5.74) is -0.377. The molecule has 0 bridgehead atoms. The van der Waals surface area contributed by atoms with Crippen molar-refractivity contribution in [3.05, 3.63) is 0 Å². The van der Waals surface area contributed by atoms with E-state index < -0.39 is 0 Å². The van der Waals surface area contributed by atoms with E-state index >= 15 is 0 Å². The second-order valence-electron chi connectivity index (χ2n) is 6.36. The quantitative estimate of drug-likeness (QED) is 0.729. The Kier molecular flexibility index (Phi) is 3.18. The van der Waals surface area contributed by atoms with Gasteiger partial charge in [-0.2, -0.15) is 0 Å². The lowest BCUT2D eigenvalue weighted by Gasteiger charge is -2.49. The summed E-state index contributed by atoms with van der Waals surface area (Å²) in [6.07, 6.45) is 8.71. The summed E-state index contributed by atoms with van der Waals surface area (Å²) in [4.78, 5) is 2.46. The molecule has 2 unspecified atom stereocenters. The van der Waals surface area contributed by atoms with Crippen LogP contribution in [0.3, 0.4) is 0 Å². The Balaban J connectivity index is 1.67. The summed E-state index contributed by atoms with van der Waals surface area (Å²) in [7, 11) is 0. The van der Waals surface area contributed by atoms with Gasteiger partial charge in [-0.3, -0.25) is 4.90 Å². The highest BCUT2D eigenvalue weighted by Gasteiger charge is 2.45. The lowest BCUT2D eigenvalue weighted by atomic mass is 9.71. The van der Waals surface area contributed by atoms with E-state index in [2.05, 4.69) is 4.90 Å². The molecule has 2 saturated carbocycles. The summed E-state index contributed by atoms with van der Waals surface area (Å²) < 4.78 is 0. The molecular weight excluding hydrogens is 214 g/mol. The Morgan fingerprint density at radius 3 is 2.65 bits per heavy atom. The molecule has 0 aromatic rings. The summed E-state index contributed by atoms with van der Waals surface area (Å²) in [6, 6.07) is 0.376. The molecular formula is C14H25NO2. The van der Waals surface area contributed by atoms with Crippen molar-refractivity contribution >= 4 is 0 Å². The maximum absolute atomic E-state index is 10.6.